The first-order valence-corrected chi connectivity index (χ1v) is 8.91. The van der Waals surface area contributed by atoms with Gasteiger partial charge in [0.05, 0.1) is 12.0 Å². The molecular weight excluding hydrogens is 328 g/mol. The highest BCUT2D eigenvalue weighted by atomic mass is 16.1. The Morgan fingerprint density at radius 2 is 1.88 bits per heavy atom. The summed E-state index contributed by atoms with van der Waals surface area (Å²) in [5, 5.41) is 9.18. The maximum absolute atomic E-state index is 12.4. The molecular formula is C19H24N6O. The topological polar surface area (TPSA) is 87.7 Å². The van der Waals surface area contributed by atoms with E-state index in [2.05, 4.69) is 46.7 Å². The Balaban J connectivity index is 1.65. The van der Waals surface area contributed by atoms with E-state index in [1.807, 2.05) is 0 Å². The monoisotopic (exact) mass is 352 g/mol. The second-order valence-corrected chi connectivity index (χ2v) is 7.79. The van der Waals surface area contributed by atoms with Crippen LogP contribution in [0.15, 0.2) is 29.6 Å². The van der Waals surface area contributed by atoms with Crippen LogP contribution in [0.4, 0.5) is 5.82 Å². The molecule has 0 aromatic carbocycles. The third-order valence-electron chi connectivity index (χ3n) is 4.80. The average Bonchev–Trinajstić information content (AvgIpc) is 2.63. The van der Waals surface area contributed by atoms with Crippen molar-refractivity contribution in [2.75, 3.05) is 18.0 Å². The number of hydrogen-bond acceptors (Lipinski definition) is 6. The van der Waals surface area contributed by atoms with Crippen LogP contribution in [0.2, 0.25) is 0 Å². The van der Waals surface area contributed by atoms with Crippen molar-refractivity contribution in [1.82, 2.24) is 19.5 Å². The summed E-state index contributed by atoms with van der Waals surface area (Å²) < 4.78 is 1.71. The molecule has 136 valence electrons. The third-order valence-corrected chi connectivity index (χ3v) is 4.80. The Kier molecular flexibility index (Phi) is 5.03. The van der Waals surface area contributed by atoms with Gasteiger partial charge in [0.15, 0.2) is 11.5 Å². The summed E-state index contributed by atoms with van der Waals surface area (Å²) >= 11 is 0. The summed E-state index contributed by atoms with van der Waals surface area (Å²) in [6.07, 6.45) is 6.70. The number of nitriles is 1. The van der Waals surface area contributed by atoms with Gasteiger partial charge >= 0.3 is 0 Å². The molecule has 0 bridgehead atoms. The molecule has 3 rings (SSSR count). The second kappa shape index (κ2) is 7.24. The molecule has 0 aliphatic carbocycles. The molecule has 1 fully saturated rings. The standard InChI is InChI=1S/C19H24N6O/c1-19(2,3)16-10-17(26)25(13-23-16)12-14-4-8-24(9-5-14)18-15(11-20)21-6-7-22-18/h6-7,10,13-14H,4-5,8-9,12H2,1-3H3. The zero-order valence-electron chi connectivity index (χ0n) is 15.5. The molecule has 7 heteroatoms. The second-order valence-electron chi connectivity index (χ2n) is 7.79. The van der Waals surface area contributed by atoms with Crippen LogP contribution in [-0.2, 0) is 12.0 Å². The van der Waals surface area contributed by atoms with Crippen molar-refractivity contribution in [3.63, 3.8) is 0 Å². The lowest BCUT2D eigenvalue weighted by Crippen LogP contribution is -2.37. The average molecular weight is 352 g/mol. The lowest BCUT2D eigenvalue weighted by molar-refractivity contribution is 0.349. The van der Waals surface area contributed by atoms with Crippen molar-refractivity contribution in [2.24, 2.45) is 5.92 Å². The predicted octanol–water partition coefficient (Wildman–Crippen LogP) is 2.12. The fourth-order valence-corrected chi connectivity index (χ4v) is 3.22. The van der Waals surface area contributed by atoms with Gasteiger partial charge in [-0.2, -0.15) is 5.26 Å². The lowest BCUT2D eigenvalue weighted by atomic mass is 9.92. The lowest BCUT2D eigenvalue weighted by Gasteiger charge is -2.33. The van der Waals surface area contributed by atoms with E-state index in [-0.39, 0.29) is 11.0 Å². The first-order valence-electron chi connectivity index (χ1n) is 8.91. The maximum Gasteiger partial charge on any atom is 0.253 e. The highest BCUT2D eigenvalue weighted by Crippen LogP contribution is 2.24. The Morgan fingerprint density at radius 3 is 2.50 bits per heavy atom. The van der Waals surface area contributed by atoms with Gasteiger partial charge in [-0.25, -0.2) is 15.0 Å². The van der Waals surface area contributed by atoms with Gasteiger partial charge in [-0.1, -0.05) is 20.8 Å². The van der Waals surface area contributed by atoms with Crippen LogP contribution in [0.3, 0.4) is 0 Å². The van der Waals surface area contributed by atoms with Crippen LogP contribution in [0.25, 0.3) is 0 Å². The normalized spacial score (nSPS) is 15.7. The predicted molar refractivity (Wildman–Crippen MR) is 98.9 cm³/mol. The van der Waals surface area contributed by atoms with Crippen molar-refractivity contribution >= 4 is 5.82 Å². The fourth-order valence-electron chi connectivity index (χ4n) is 3.22. The van der Waals surface area contributed by atoms with E-state index in [0.29, 0.717) is 24.0 Å². The molecule has 0 N–H and O–H groups in total. The molecule has 1 aliphatic heterocycles. The van der Waals surface area contributed by atoms with Crippen LogP contribution < -0.4 is 10.5 Å². The molecule has 1 aliphatic rings. The molecule has 3 heterocycles. The summed E-state index contributed by atoms with van der Waals surface area (Å²) in [5.74, 6) is 1.07. The number of rotatable bonds is 3. The van der Waals surface area contributed by atoms with Gasteiger partial charge in [-0.3, -0.25) is 9.36 Å². The van der Waals surface area contributed by atoms with E-state index in [4.69, 9.17) is 0 Å². The van der Waals surface area contributed by atoms with Crippen molar-refractivity contribution in [2.45, 2.75) is 45.6 Å². The largest absolute Gasteiger partial charge is 0.354 e. The SMILES string of the molecule is CC(C)(C)c1cc(=O)n(CC2CCN(c3nccnc3C#N)CC2)cn1. The van der Waals surface area contributed by atoms with Crippen molar-refractivity contribution in [1.29, 1.82) is 5.26 Å². The molecule has 1 saturated heterocycles. The molecule has 0 atom stereocenters. The Labute approximate surface area is 153 Å². The van der Waals surface area contributed by atoms with Crippen LogP contribution >= 0.6 is 0 Å². The van der Waals surface area contributed by atoms with E-state index in [0.717, 1.165) is 31.6 Å². The minimum absolute atomic E-state index is 0.00745. The quantitative estimate of drug-likeness (QED) is 0.841. The van der Waals surface area contributed by atoms with Crippen molar-refractivity contribution in [3.05, 3.63) is 46.5 Å². The third kappa shape index (κ3) is 3.90. The molecule has 0 saturated carbocycles. The van der Waals surface area contributed by atoms with Gasteiger partial charge in [0.2, 0.25) is 0 Å². The van der Waals surface area contributed by atoms with E-state index in [9.17, 15) is 10.1 Å². The fraction of sp³-hybridized carbons (Fsp3) is 0.526. The molecule has 7 nitrogen and oxygen atoms in total. The summed E-state index contributed by atoms with van der Waals surface area (Å²) in [7, 11) is 0. The first kappa shape index (κ1) is 18.1. The minimum Gasteiger partial charge on any atom is -0.354 e. The van der Waals surface area contributed by atoms with Gasteiger partial charge in [-0.15, -0.1) is 0 Å². The molecule has 0 unspecified atom stereocenters. The van der Waals surface area contributed by atoms with Gasteiger partial charge in [0, 0.05) is 43.5 Å². The number of anilines is 1. The van der Waals surface area contributed by atoms with E-state index in [1.165, 1.54) is 6.20 Å². The van der Waals surface area contributed by atoms with Crippen LogP contribution in [0.5, 0.6) is 0 Å². The first-order chi connectivity index (χ1) is 12.4. The number of aromatic nitrogens is 4. The molecule has 2 aromatic rings. The summed E-state index contributed by atoms with van der Waals surface area (Å²) in [4.78, 5) is 27.3. The number of hydrogen-bond donors (Lipinski definition) is 0. The Bertz CT molecular complexity index is 869. The Morgan fingerprint density at radius 1 is 1.19 bits per heavy atom. The van der Waals surface area contributed by atoms with Crippen LogP contribution in [-0.4, -0.2) is 32.6 Å². The smallest absolute Gasteiger partial charge is 0.253 e. The van der Waals surface area contributed by atoms with E-state index < -0.39 is 0 Å². The van der Waals surface area contributed by atoms with E-state index >= 15 is 0 Å². The Hall–Kier alpha value is -2.75. The minimum atomic E-state index is -0.126. The molecule has 0 amide bonds. The molecule has 0 spiro atoms. The molecule has 2 aromatic heterocycles. The highest BCUT2D eigenvalue weighted by Gasteiger charge is 2.23. The van der Waals surface area contributed by atoms with Crippen molar-refractivity contribution < 1.29 is 0 Å². The van der Waals surface area contributed by atoms with Crippen molar-refractivity contribution in [3.8, 4) is 6.07 Å². The highest BCUT2D eigenvalue weighted by molar-refractivity contribution is 5.49. The van der Waals surface area contributed by atoms with E-state index in [1.54, 1.807) is 23.2 Å². The van der Waals surface area contributed by atoms with Gasteiger partial charge < -0.3 is 4.90 Å². The zero-order chi connectivity index (χ0) is 18.7. The van der Waals surface area contributed by atoms with Crippen LogP contribution in [0, 0.1) is 17.2 Å². The molecule has 26 heavy (non-hydrogen) atoms. The van der Waals surface area contributed by atoms with Gasteiger partial charge in [-0.05, 0) is 18.8 Å². The van der Waals surface area contributed by atoms with Gasteiger partial charge in [0.1, 0.15) is 6.07 Å². The van der Waals surface area contributed by atoms with Gasteiger partial charge in [0.25, 0.3) is 5.56 Å². The zero-order valence-corrected chi connectivity index (χ0v) is 15.5. The number of nitrogens with zero attached hydrogens (tertiary/aromatic N) is 6. The summed E-state index contributed by atoms with van der Waals surface area (Å²) in [5.41, 5.74) is 1.07. The molecule has 0 radical (unpaired) electrons. The maximum atomic E-state index is 12.4. The summed E-state index contributed by atoms with van der Waals surface area (Å²) in [6.45, 7) is 8.45. The van der Waals surface area contributed by atoms with Crippen LogP contribution in [0.1, 0.15) is 45.0 Å². The number of piperidine rings is 1. The summed E-state index contributed by atoms with van der Waals surface area (Å²) in [6, 6.07) is 3.75.